The minimum absolute atomic E-state index is 0. The first kappa shape index (κ1) is 22.4. The summed E-state index contributed by atoms with van der Waals surface area (Å²) in [4.78, 5) is 16.2. The molecule has 1 amide bonds. The van der Waals surface area contributed by atoms with Crippen LogP contribution in [-0.4, -0.2) is 49.6 Å². The van der Waals surface area contributed by atoms with Crippen LogP contribution in [0.25, 0.3) is 0 Å². The maximum absolute atomic E-state index is 12.0. The number of halogens is 2. The van der Waals surface area contributed by atoms with E-state index in [0.717, 1.165) is 11.2 Å². The van der Waals surface area contributed by atoms with Crippen LogP contribution in [0.1, 0.15) is 29.6 Å². The third kappa shape index (κ3) is 7.62. The van der Waals surface area contributed by atoms with E-state index in [9.17, 15) is 4.79 Å². The second-order valence-electron chi connectivity index (χ2n) is 5.77. The molecular weight excluding hydrogens is 471 g/mol. The highest BCUT2D eigenvalue weighted by molar-refractivity contribution is 14.0. The topological polar surface area (TPSA) is 65.5 Å². The summed E-state index contributed by atoms with van der Waals surface area (Å²) in [6.45, 7) is 1.15. The van der Waals surface area contributed by atoms with Crippen molar-refractivity contribution in [3.05, 3.63) is 34.9 Å². The molecule has 1 aromatic rings. The third-order valence-electron chi connectivity index (χ3n) is 4.09. The molecule has 1 fully saturated rings. The van der Waals surface area contributed by atoms with Gasteiger partial charge in [0.05, 0.1) is 0 Å². The Labute approximate surface area is 176 Å². The summed E-state index contributed by atoms with van der Waals surface area (Å²) in [6, 6.07) is 7.34. The van der Waals surface area contributed by atoms with Gasteiger partial charge < -0.3 is 16.0 Å². The molecule has 1 aromatic carbocycles. The van der Waals surface area contributed by atoms with Crippen LogP contribution in [0.15, 0.2) is 29.3 Å². The molecule has 3 N–H and O–H groups in total. The van der Waals surface area contributed by atoms with Crippen molar-refractivity contribution in [1.29, 1.82) is 0 Å². The zero-order valence-corrected chi connectivity index (χ0v) is 18.5. The third-order valence-corrected chi connectivity index (χ3v) is 5.44. The molecule has 2 unspecified atom stereocenters. The maximum atomic E-state index is 12.0. The number of carbonyl (C=O) groups excluding carboxylic acids is 1. The first-order valence-corrected chi connectivity index (χ1v) is 9.82. The number of aliphatic imine (C=N–C) groups is 1. The summed E-state index contributed by atoms with van der Waals surface area (Å²) in [5.74, 6) is 0.692. The van der Waals surface area contributed by atoms with E-state index in [1.807, 2.05) is 11.8 Å². The summed E-state index contributed by atoms with van der Waals surface area (Å²) >= 11 is 7.76. The highest BCUT2D eigenvalue weighted by Crippen LogP contribution is 2.27. The van der Waals surface area contributed by atoms with Crippen LogP contribution < -0.4 is 16.0 Å². The summed E-state index contributed by atoms with van der Waals surface area (Å²) in [6.07, 6.45) is 5.78. The fraction of sp³-hybridized carbons (Fsp3) is 0.529. The largest absolute Gasteiger partial charge is 0.355 e. The van der Waals surface area contributed by atoms with Crippen molar-refractivity contribution >= 4 is 59.2 Å². The van der Waals surface area contributed by atoms with Gasteiger partial charge in [0.25, 0.3) is 5.91 Å². The van der Waals surface area contributed by atoms with Gasteiger partial charge in [0, 0.05) is 42.0 Å². The minimum Gasteiger partial charge on any atom is -0.355 e. The van der Waals surface area contributed by atoms with E-state index in [1.54, 1.807) is 31.3 Å². The second kappa shape index (κ2) is 11.9. The van der Waals surface area contributed by atoms with E-state index in [-0.39, 0.29) is 29.9 Å². The summed E-state index contributed by atoms with van der Waals surface area (Å²) < 4.78 is 0. The standard InChI is InChI=1S/C17H25ClN4OS.HI/c1-19-17(22-14-7-8-15(11-14)24-2)21-10-9-20-16(23)12-3-5-13(18)6-4-12;/h3-6,14-15H,7-11H2,1-2H3,(H,20,23)(H2,19,21,22);1H. The Bertz CT molecular complexity index is 570. The van der Waals surface area contributed by atoms with Crippen molar-refractivity contribution in [2.45, 2.75) is 30.6 Å². The summed E-state index contributed by atoms with van der Waals surface area (Å²) in [5, 5.41) is 10.9. The molecule has 1 saturated carbocycles. The van der Waals surface area contributed by atoms with Gasteiger partial charge in [-0.25, -0.2) is 0 Å². The monoisotopic (exact) mass is 496 g/mol. The predicted molar refractivity (Wildman–Crippen MR) is 119 cm³/mol. The van der Waals surface area contributed by atoms with E-state index < -0.39 is 0 Å². The highest BCUT2D eigenvalue weighted by atomic mass is 127. The van der Waals surface area contributed by atoms with E-state index in [2.05, 4.69) is 27.2 Å². The fourth-order valence-corrected chi connectivity index (χ4v) is 3.66. The van der Waals surface area contributed by atoms with E-state index >= 15 is 0 Å². The van der Waals surface area contributed by atoms with Crippen LogP contribution in [0.5, 0.6) is 0 Å². The van der Waals surface area contributed by atoms with Gasteiger partial charge in [-0.15, -0.1) is 24.0 Å². The number of nitrogens with zero attached hydrogens (tertiary/aromatic N) is 1. The summed E-state index contributed by atoms with van der Waals surface area (Å²) in [7, 11) is 1.77. The molecular formula is C17H26ClIN4OS. The van der Waals surface area contributed by atoms with E-state index in [1.165, 1.54) is 19.3 Å². The second-order valence-corrected chi connectivity index (χ2v) is 7.35. The molecule has 140 valence electrons. The number of carbonyl (C=O) groups is 1. The minimum atomic E-state index is -0.102. The van der Waals surface area contributed by atoms with Crippen molar-refractivity contribution in [3.63, 3.8) is 0 Å². The van der Waals surface area contributed by atoms with E-state index in [0.29, 0.717) is 29.7 Å². The average Bonchev–Trinajstić information content (AvgIpc) is 3.05. The van der Waals surface area contributed by atoms with Gasteiger partial charge in [-0.05, 0) is 49.8 Å². The quantitative estimate of drug-likeness (QED) is 0.245. The van der Waals surface area contributed by atoms with Gasteiger partial charge in [-0.3, -0.25) is 9.79 Å². The molecule has 0 saturated heterocycles. The molecule has 2 atom stereocenters. The Morgan fingerprint density at radius 1 is 1.24 bits per heavy atom. The van der Waals surface area contributed by atoms with Crippen LogP contribution in [0.2, 0.25) is 5.02 Å². The molecule has 25 heavy (non-hydrogen) atoms. The maximum Gasteiger partial charge on any atom is 0.251 e. The highest BCUT2D eigenvalue weighted by Gasteiger charge is 2.24. The lowest BCUT2D eigenvalue weighted by molar-refractivity contribution is 0.0954. The number of rotatable bonds is 6. The number of hydrogen-bond donors (Lipinski definition) is 3. The normalized spacial score (nSPS) is 19.9. The zero-order valence-electron chi connectivity index (χ0n) is 14.5. The van der Waals surface area contributed by atoms with Crippen LogP contribution in [-0.2, 0) is 0 Å². The molecule has 0 spiro atoms. The molecule has 0 aromatic heterocycles. The SMILES string of the molecule is CN=C(NCCNC(=O)c1ccc(Cl)cc1)NC1CCC(SC)C1.I. The Morgan fingerprint density at radius 2 is 1.92 bits per heavy atom. The molecule has 8 heteroatoms. The molecule has 2 rings (SSSR count). The van der Waals surface area contributed by atoms with Crippen LogP contribution >= 0.6 is 47.3 Å². The first-order valence-electron chi connectivity index (χ1n) is 8.16. The van der Waals surface area contributed by atoms with E-state index in [4.69, 9.17) is 11.6 Å². The molecule has 5 nitrogen and oxygen atoms in total. The van der Waals surface area contributed by atoms with Crippen LogP contribution in [0.4, 0.5) is 0 Å². The molecule has 0 radical (unpaired) electrons. The molecule has 1 aliphatic carbocycles. The molecule has 1 aliphatic rings. The zero-order chi connectivity index (χ0) is 17.4. The van der Waals surface area contributed by atoms with Gasteiger partial charge in [0.15, 0.2) is 5.96 Å². The van der Waals surface area contributed by atoms with Gasteiger partial charge in [-0.2, -0.15) is 11.8 Å². The number of nitrogens with one attached hydrogen (secondary N) is 3. The Hall–Kier alpha value is -0.670. The van der Waals surface area contributed by atoms with Gasteiger partial charge >= 0.3 is 0 Å². The average molecular weight is 497 g/mol. The lowest BCUT2D eigenvalue weighted by Crippen LogP contribution is -2.45. The predicted octanol–water partition coefficient (Wildman–Crippen LogP) is 3.14. The molecule has 0 heterocycles. The Morgan fingerprint density at radius 3 is 2.52 bits per heavy atom. The number of guanidine groups is 1. The van der Waals surface area contributed by atoms with Crippen LogP contribution in [0.3, 0.4) is 0 Å². The number of benzene rings is 1. The smallest absolute Gasteiger partial charge is 0.251 e. The molecule has 0 aliphatic heterocycles. The lowest BCUT2D eigenvalue weighted by Gasteiger charge is -2.17. The van der Waals surface area contributed by atoms with Crippen molar-refractivity contribution in [3.8, 4) is 0 Å². The van der Waals surface area contributed by atoms with Gasteiger partial charge in [0.2, 0.25) is 0 Å². The number of amides is 1. The molecule has 0 bridgehead atoms. The fourth-order valence-electron chi connectivity index (χ4n) is 2.73. The van der Waals surface area contributed by atoms with Crippen LogP contribution in [0, 0.1) is 0 Å². The summed E-state index contributed by atoms with van der Waals surface area (Å²) in [5.41, 5.74) is 0.607. The van der Waals surface area contributed by atoms with Crippen molar-refractivity contribution < 1.29 is 4.79 Å². The van der Waals surface area contributed by atoms with Crippen molar-refractivity contribution in [2.75, 3.05) is 26.4 Å². The Kier molecular flexibility index (Phi) is 10.6. The Balaban J connectivity index is 0.00000312. The van der Waals surface area contributed by atoms with Crippen molar-refractivity contribution in [2.24, 2.45) is 4.99 Å². The number of thioether (sulfide) groups is 1. The van der Waals surface area contributed by atoms with Gasteiger partial charge in [-0.1, -0.05) is 11.6 Å². The number of hydrogen-bond acceptors (Lipinski definition) is 3. The van der Waals surface area contributed by atoms with Gasteiger partial charge in [0.1, 0.15) is 0 Å². The first-order chi connectivity index (χ1) is 11.6. The van der Waals surface area contributed by atoms with Crippen molar-refractivity contribution in [1.82, 2.24) is 16.0 Å². The lowest BCUT2D eigenvalue weighted by atomic mass is 10.2.